The lowest BCUT2D eigenvalue weighted by molar-refractivity contribution is -0.121. The molecule has 2 aromatic rings. The van der Waals surface area contributed by atoms with Crippen molar-refractivity contribution < 1.29 is 4.79 Å². The number of nitrogens with zero attached hydrogens (tertiary/aromatic N) is 2. The molecule has 2 rings (SSSR count). The predicted octanol–water partition coefficient (Wildman–Crippen LogP) is 2.50. The van der Waals surface area contributed by atoms with E-state index in [1.807, 2.05) is 49.0 Å². The molecule has 20 heavy (non-hydrogen) atoms. The molecule has 0 bridgehead atoms. The Balaban J connectivity index is 1.73. The molecule has 1 unspecified atom stereocenters. The van der Waals surface area contributed by atoms with Crippen LogP contribution in [0.15, 0.2) is 42.6 Å². The van der Waals surface area contributed by atoms with Crippen molar-refractivity contribution in [2.45, 2.75) is 32.7 Å². The molecule has 1 aromatic heterocycles. The summed E-state index contributed by atoms with van der Waals surface area (Å²) in [7, 11) is 0. The number of carbonyl (C=O) groups is 1. The molecule has 4 nitrogen and oxygen atoms in total. The molecule has 106 valence electrons. The van der Waals surface area contributed by atoms with Crippen LogP contribution < -0.4 is 5.32 Å². The summed E-state index contributed by atoms with van der Waals surface area (Å²) < 4.78 is 1.84. The topological polar surface area (TPSA) is 46.9 Å². The Morgan fingerprint density at radius 1 is 1.30 bits per heavy atom. The first-order chi connectivity index (χ1) is 9.65. The molecule has 1 amide bonds. The van der Waals surface area contributed by atoms with Gasteiger partial charge in [-0.05, 0) is 31.9 Å². The fourth-order valence-corrected chi connectivity index (χ4v) is 2.10. The molecule has 0 aliphatic rings. The van der Waals surface area contributed by atoms with Gasteiger partial charge in [0.25, 0.3) is 0 Å². The van der Waals surface area contributed by atoms with Crippen LogP contribution in [0, 0.1) is 6.92 Å². The minimum atomic E-state index is 0.0709. The van der Waals surface area contributed by atoms with Crippen LogP contribution in [-0.4, -0.2) is 22.2 Å². The molecular weight excluding hydrogens is 250 g/mol. The first-order valence-corrected chi connectivity index (χ1v) is 6.97. The van der Waals surface area contributed by atoms with Gasteiger partial charge in [0.15, 0.2) is 0 Å². The zero-order valence-electron chi connectivity index (χ0n) is 12.0. The summed E-state index contributed by atoms with van der Waals surface area (Å²) in [6.45, 7) is 4.63. The van der Waals surface area contributed by atoms with Crippen molar-refractivity contribution in [3.63, 3.8) is 0 Å². The zero-order chi connectivity index (χ0) is 14.4. The van der Waals surface area contributed by atoms with E-state index in [0.29, 0.717) is 13.0 Å². The second kappa shape index (κ2) is 6.89. The molecule has 1 atom stereocenters. The number of hydrogen-bond acceptors (Lipinski definition) is 2. The van der Waals surface area contributed by atoms with E-state index in [2.05, 4.69) is 22.5 Å². The van der Waals surface area contributed by atoms with Crippen molar-refractivity contribution in [3.8, 4) is 0 Å². The van der Waals surface area contributed by atoms with Crippen LogP contribution in [0.3, 0.4) is 0 Å². The Hall–Kier alpha value is -2.10. The number of benzene rings is 1. The van der Waals surface area contributed by atoms with Gasteiger partial charge in [0.2, 0.25) is 5.91 Å². The summed E-state index contributed by atoms with van der Waals surface area (Å²) in [6.07, 6.45) is 3.23. The van der Waals surface area contributed by atoms with Gasteiger partial charge in [-0.25, -0.2) is 0 Å². The Bertz CT molecular complexity index is 548. The molecule has 1 heterocycles. The maximum absolute atomic E-state index is 11.9. The Kier molecular flexibility index (Phi) is 4.93. The van der Waals surface area contributed by atoms with Crippen molar-refractivity contribution in [2.24, 2.45) is 0 Å². The molecule has 1 N–H and O–H groups in total. The minimum Gasteiger partial charge on any atom is -0.356 e. The Morgan fingerprint density at radius 3 is 2.70 bits per heavy atom. The second-order valence-electron chi connectivity index (χ2n) is 5.08. The van der Waals surface area contributed by atoms with Crippen LogP contribution >= 0.6 is 0 Å². The molecule has 4 heteroatoms. The van der Waals surface area contributed by atoms with Gasteiger partial charge in [0.1, 0.15) is 0 Å². The van der Waals surface area contributed by atoms with E-state index in [1.165, 1.54) is 5.56 Å². The van der Waals surface area contributed by atoms with Crippen molar-refractivity contribution in [1.82, 2.24) is 15.1 Å². The first kappa shape index (κ1) is 14.3. The SMILES string of the molecule is Cc1ccn(C(C)CC(=O)NCCc2ccccc2)n1. The lowest BCUT2D eigenvalue weighted by Crippen LogP contribution is -2.27. The van der Waals surface area contributed by atoms with Crippen LogP contribution in [0.4, 0.5) is 0 Å². The molecule has 0 saturated heterocycles. The van der Waals surface area contributed by atoms with E-state index in [4.69, 9.17) is 0 Å². The van der Waals surface area contributed by atoms with Gasteiger partial charge >= 0.3 is 0 Å². The largest absolute Gasteiger partial charge is 0.356 e. The van der Waals surface area contributed by atoms with Gasteiger partial charge in [0, 0.05) is 19.2 Å². The summed E-state index contributed by atoms with van der Waals surface area (Å²) in [5, 5.41) is 7.29. The summed E-state index contributed by atoms with van der Waals surface area (Å²) in [5.41, 5.74) is 2.21. The predicted molar refractivity (Wildman–Crippen MR) is 79.4 cm³/mol. The molecule has 0 radical (unpaired) electrons. The normalized spacial score (nSPS) is 12.1. The highest BCUT2D eigenvalue weighted by molar-refractivity contribution is 5.76. The average molecular weight is 271 g/mol. The minimum absolute atomic E-state index is 0.0709. The van der Waals surface area contributed by atoms with Gasteiger partial charge < -0.3 is 5.32 Å². The third-order valence-electron chi connectivity index (χ3n) is 3.25. The van der Waals surface area contributed by atoms with Crippen molar-refractivity contribution in [3.05, 3.63) is 53.9 Å². The molecule has 0 saturated carbocycles. The number of carbonyl (C=O) groups excluding carboxylic acids is 1. The lowest BCUT2D eigenvalue weighted by atomic mass is 10.1. The maximum atomic E-state index is 11.9. The molecule has 0 spiro atoms. The summed E-state index contributed by atoms with van der Waals surface area (Å²) >= 11 is 0. The smallest absolute Gasteiger partial charge is 0.222 e. The highest BCUT2D eigenvalue weighted by Crippen LogP contribution is 2.09. The van der Waals surface area contributed by atoms with Gasteiger partial charge in [-0.2, -0.15) is 5.10 Å². The number of aryl methyl sites for hydroxylation is 1. The number of nitrogens with one attached hydrogen (secondary N) is 1. The highest BCUT2D eigenvalue weighted by atomic mass is 16.1. The monoisotopic (exact) mass is 271 g/mol. The molecular formula is C16H21N3O. The standard InChI is InChI=1S/C16H21N3O/c1-13-9-11-19(18-13)14(2)12-16(20)17-10-8-15-6-4-3-5-7-15/h3-7,9,11,14H,8,10,12H2,1-2H3,(H,17,20). The third-order valence-corrected chi connectivity index (χ3v) is 3.25. The van der Waals surface area contributed by atoms with Gasteiger partial charge in [-0.1, -0.05) is 30.3 Å². The van der Waals surface area contributed by atoms with Crippen LogP contribution in [-0.2, 0) is 11.2 Å². The molecule has 0 aliphatic heterocycles. The zero-order valence-corrected chi connectivity index (χ0v) is 12.0. The first-order valence-electron chi connectivity index (χ1n) is 6.97. The van der Waals surface area contributed by atoms with Gasteiger partial charge in [-0.3, -0.25) is 9.48 Å². The summed E-state index contributed by atoms with van der Waals surface area (Å²) in [4.78, 5) is 11.9. The van der Waals surface area contributed by atoms with Crippen molar-refractivity contribution >= 4 is 5.91 Å². The van der Waals surface area contributed by atoms with Crippen LogP contribution in [0.1, 0.15) is 30.6 Å². The second-order valence-corrected chi connectivity index (χ2v) is 5.08. The van der Waals surface area contributed by atoms with E-state index in [-0.39, 0.29) is 11.9 Å². The van der Waals surface area contributed by atoms with Crippen LogP contribution in [0.25, 0.3) is 0 Å². The Labute approximate surface area is 119 Å². The number of amides is 1. The summed E-state index contributed by atoms with van der Waals surface area (Å²) in [5.74, 6) is 0.0709. The molecule has 1 aromatic carbocycles. The Morgan fingerprint density at radius 2 is 2.05 bits per heavy atom. The number of rotatable bonds is 6. The molecule has 0 aliphatic carbocycles. The van der Waals surface area contributed by atoms with E-state index in [1.54, 1.807) is 0 Å². The van der Waals surface area contributed by atoms with Crippen molar-refractivity contribution in [1.29, 1.82) is 0 Å². The van der Waals surface area contributed by atoms with E-state index in [0.717, 1.165) is 12.1 Å². The third kappa shape index (κ3) is 4.23. The maximum Gasteiger partial charge on any atom is 0.222 e. The lowest BCUT2D eigenvalue weighted by Gasteiger charge is -2.12. The summed E-state index contributed by atoms with van der Waals surface area (Å²) in [6, 6.07) is 12.2. The van der Waals surface area contributed by atoms with Crippen molar-refractivity contribution in [2.75, 3.05) is 6.54 Å². The highest BCUT2D eigenvalue weighted by Gasteiger charge is 2.11. The molecule has 0 fully saturated rings. The van der Waals surface area contributed by atoms with E-state index >= 15 is 0 Å². The van der Waals surface area contributed by atoms with Gasteiger partial charge in [-0.15, -0.1) is 0 Å². The van der Waals surface area contributed by atoms with Crippen LogP contribution in [0.5, 0.6) is 0 Å². The number of aromatic nitrogens is 2. The fourth-order valence-electron chi connectivity index (χ4n) is 2.10. The van der Waals surface area contributed by atoms with E-state index < -0.39 is 0 Å². The van der Waals surface area contributed by atoms with Gasteiger partial charge in [0.05, 0.1) is 11.7 Å². The average Bonchev–Trinajstić information content (AvgIpc) is 2.87. The quantitative estimate of drug-likeness (QED) is 0.877. The number of hydrogen-bond donors (Lipinski definition) is 1. The van der Waals surface area contributed by atoms with E-state index in [9.17, 15) is 4.79 Å². The van der Waals surface area contributed by atoms with Crippen LogP contribution in [0.2, 0.25) is 0 Å². The fraction of sp³-hybridized carbons (Fsp3) is 0.375.